The van der Waals surface area contributed by atoms with Crippen molar-refractivity contribution in [1.29, 1.82) is 0 Å². The number of nitrogens with zero attached hydrogens (tertiary/aromatic N) is 1. The van der Waals surface area contributed by atoms with Gasteiger partial charge < -0.3 is 14.8 Å². The molecule has 0 spiro atoms. The summed E-state index contributed by atoms with van der Waals surface area (Å²) in [5.74, 6) is -0.202. The van der Waals surface area contributed by atoms with Gasteiger partial charge >= 0.3 is 5.97 Å². The van der Waals surface area contributed by atoms with Crippen LogP contribution in [0.15, 0.2) is 24.3 Å². The van der Waals surface area contributed by atoms with E-state index in [0.29, 0.717) is 6.61 Å². The van der Waals surface area contributed by atoms with Gasteiger partial charge in [-0.25, -0.2) is 4.79 Å². The molecule has 5 nitrogen and oxygen atoms in total. The predicted octanol–water partition coefficient (Wildman–Crippen LogP) is 1.34. The van der Waals surface area contributed by atoms with Crippen molar-refractivity contribution in [3.05, 3.63) is 35.4 Å². The zero-order chi connectivity index (χ0) is 15.1. The van der Waals surface area contributed by atoms with Crippen molar-refractivity contribution in [2.45, 2.75) is 19.1 Å². The summed E-state index contributed by atoms with van der Waals surface area (Å²) in [6.45, 7) is 4.16. The van der Waals surface area contributed by atoms with Gasteiger partial charge in [0.25, 0.3) is 0 Å². The van der Waals surface area contributed by atoms with E-state index in [2.05, 4.69) is 10.2 Å². The molecule has 1 atom stereocenters. The van der Waals surface area contributed by atoms with Crippen LogP contribution in [0.4, 0.5) is 0 Å². The molecule has 1 aliphatic rings. The lowest BCUT2D eigenvalue weighted by atomic mass is 10.0. The molecule has 0 radical (unpaired) electrons. The first-order valence-corrected chi connectivity index (χ1v) is 7.36. The van der Waals surface area contributed by atoms with Gasteiger partial charge in [-0.3, -0.25) is 4.90 Å². The molecule has 2 rings (SSSR count). The topological polar surface area (TPSA) is 50.8 Å². The number of carbonyl (C=O) groups excluding carboxylic acids is 1. The summed E-state index contributed by atoms with van der Waals surface area (Å²) >= 11 is 0. The Kier molecular flexibility index (Phi) is 6.17. The lowest BCUT2D eigenvalue weighted by Gasteiger charge is -2.28. The molecule has 1 N–H and O–H groups in total. The van der Waals surface area contributed by atoms with Crippen molar-refractivity contribution in [2.24, 2.45) is 0 Å². The third kappa shape index (κ3) is 4.27. The maximum atomic E-state index is 12.3. The second kappa shape index (κ2) is 8.12. The summed E-state index contributed by atoms with van der Waals surface area (Å²) in [6.07, 6.45) is 1.03. The smallest absolute Gasteiger partial charge is 0.327 e. The number of carbonyl (C=O) groups is 1. The molecule has 1 fully saturated rings. The summed E-state index contributed by atoms with van der Waals surface area (Å²) in [5, 5.41) is 3.36. The zero-order valence-electron chi connectivity index (χ0n) is 12.8. The first kappa shape index (κ1) is 15.9. The summed E-state index contributed by atoms with van der Waals surface area (Å²) < 4.78 is 10.2. The summed E-state index contributed by atoms with van der Waals surface area (Å²) in [4.78, 5) is 14.5. The normalized spacial score (nSPS) is 18.0. The minimum absolute atomic E-state index is 0.202. The highest BCUT2D eigenvalue weighted by atomic mass is 16.5. The van der Waals surface area contributed by atoms with Gasteiger partial charge in [0.05, 0.1) is 13.7 Å². The van der Waals surface area contributed by atoms with E-state index in [-0.39, 0.29) is 12.0 Å². The molecule has 1 unspecified atom stereocenters. The van der Waals surface area contributed by atoms with Gasteiger partial charge in [0.15, 0.2) is 0 Å². The van der Waals surface area contributed by atoms with Gasteiger partial charge in [-0.05, 0) is 24.1 Å². The Hall–Kier alpha value is -1.43. The quantitative estimate of drug-likeness (QED) is 0.830. The first-order chi connectivity index (χ1) is 10.3. The van der Waals surface area contributed by atoms with E-state index in [1.807, 2.05) is 24.3 Å². The van der Waals surface area contributed by atoms with Gasteiger partial charge in [-0.15, -0.1) is 0 Å². The highest BCUT2D eigenvalue weighted by molar-refractivity contribution is 5.77. The summed E-state index contributed by atoms with van der Waals surface area (Å²) in [7, 11) is 3.12. The van der Waals surface area contributed by atoms with Gasteiger partial charge in [0.2, 0.25) is 0 Å². The van der Waals surface area contributed by atoms with E-state index < -0.39 is 0 Å². The maximum absolute atomic E-state index is 12.3. The molecule has 1 aromatic rings. The van der Waals surface area contributed by atoms with Crippen LogP contribution in [0.2, 0.25) is 0 Å². The van der Waals surface area contributed by atoms with Crippen molar-refractivity contribution in [3.63, 3.8) is 0 Å². The molecule has 5 heteroatoms. The first-order valence-electron chi connectivity index (χ1n) is 7.36. The second-order valence-electron chi connectivity index (χ2n) is 5.24. The van der Waals surface area contributed by atoms with Crippen LogP contribution >= 0.6 is 0 Å². The van der Waals surface area contributed by atoms with Crippen LogP contribution in [0, 0.1) is 0 Å². The van der Waals surface area contributed by atoms with Crippen LogP contribution < -0.4 is 5.32 Å². The summed E-state index contributed by atoms with van der Waals surface area (Å²) in [5.41, 5.74) is 2.04. The van der Waals surface area contributed by atoms with E-state index in [4.69, 9.17) is 9.47 Å². The Morgan fingerprint density at radius 3 is 2.95 bits per heavy atom. The lowest BCUT2D eigenvalue weighted by molar-refractivity contribution is -0.147. The minimum Gasteiger partial charge on any atom is -0.468 e. The molecule has 0 aliphatic carbocycles. The van der Waals surface area contributed by atoms with Gasteiger partial charge in [0.1, 0.15) is 6.04 Å². The second-order valence-corrected chi connectivity index (χ2v) is 5.24. The van der Waals surface area contributed by atoms with Crippen LogP contribution in [0.5, 0.6) is 0 Å². The zero-order valence-corrected chi connectivity index (χ0v) is 12.8. The van der Waals surface area contributed by atoms with Crippen molar-refractivity contribution < 1.29 is 14.3 Å². The van der Waals surface area contributed by atoms with Crippen molar-refractivity contribution >= 4 is 5.97 Å². The molecule has 1 heterocycles. The molecule has 0 aromatic heterocycles. The van der Waals surface area contributed by atoms with Crippen LogP contribution in [-0.2, 0) is 20.9 Å². The number of hydrogen-bond acceptors (Lipinski definition) is 5. The molecule has 0 amide bonds. The molecule has 0 saturated carbocycles. The van der Waals surface area contributed by atoms with Gasteiger partial charge in [-0.2, -0.15) is 0 Å². The van der Waals surface area contributed by atoms with E-state index in [0.717, 1.165) is 43.7 Å². The van der Waals surface area contributed by atoms with Crippen LogP contribution in [-0.4, -0.2) is 51.3 Å². The average molecular weight is 292 g/mol. The van der Waals surface area contributed by atoms with Crippen molar-refractivity contribution in [2.75, 3.05) is 40.4 Å². The molecule has 21 heavy (non-hydrogen) atoms. The number of hydrogen-bond donors (Lipinski definition) is 1. The highest BCUT2D eigenvalue weighted by Gasteiger charge is 2.29. The Bertz CT molecular complexity index is 457. The average Bonchev–Trinajstić information content (AvgIpc) is 2.77. The fraction of sp³-hybridized carbons (Fsp3) is 0.562. The molecular formula is C16H24N2O3. The SMILES string of the molecule is COCc1cccc(C(C(=O)OC)N2CCCNCC2)c1. The van der Waals surface area contributed by atoms with E-state index in [9.17, 15) is 4.79 Å². The van der Waals surface area contributed by atoms with Crippen molar-refractivity contribution in [3.8, 4) is 0 Å². The number of methoxy groups -OCH3 is 2. The van der Waals surface area contributed by atoms with Crippen LogP contribution in [0.25, 0.3) is 0 Å². The number of nitrogens with one attached hydrogen (secondary N) is 1. The molecule has 1 saturated heterocycles. The number of ether oxygens (including phenoxy) is 2. The fourth-order valence-electron chi connectivity index (χ4n) is 2.75. The third-order valence-corrected chi connectivity index (χ3v) is 3.74. The predicted molar refractivity (Wildman–Crippen MR) is 81.0 cm³/mol. The summed E-state index contributed by atoms with van der Waals surface area (Å²) in [6, 6.07) is 7.65. The number of rotatable bonds is 5. The lowest BCUT2D eigenvalue weighted by Crippen LogP contribution is -2.37. The van der Waals surface area contributed by atoms with E-state index in [1.165, 1.54) is 7.11 Å². The standard InChI is InChI=1S/C16H24N2O3/c1-20-12-13-5-3-6-14(11-13)15(16(19)21-2)18-9-4-7-17-8-10-18/h3,5-6,11,15,17H,4,7-10,12H2,1-2H3. The van der Waals surface area contributed by atoms with Crippen molar-refractivity contribution in [1.82, 2.24) is 10.2 Å². The van der Waals surface area contributed by atoms with Crippen LogP contribution in [0.1, 0.15) is 23.6 Å². The molecule has 0 bridgehead atoms. The molecule has 116 valence electrons. The van der Waals surface area contributed by atoms with Gasteiger partial charge in [-0.1, -0.05) is 24.3 Å². The maximum Gasteiger partial charge on any atom is 0.327 e. The third-order valence-electron chi connectivity index (χ3n) is 3.74. The van der Waals surface area contributed by atoms with Crippen LogP contribution in [0.3, 0.4) is 0 Å². The monoisotopic (exact) mass is 292 g/mol. The number of benzene rings is 1. The molecule has 1 aliphatic heterocycles. The Morgan fingerprint density at radius 2 is 2.19 bits per heavy atom. The minimum atomic E-state index is -0.341. The molecular weight excluding hydrogens is 268 g/mol. The largest absolute Gasteiger partial charge is 0.468 e. The Balaban J connectivity index is 2.26. The Labute approximate surface area is 126 Å². The molecule has 1 aromatic carbocycles. The highest BCUT2D eigenvalue weighted by Crippen LogP contribution is 2.24. The Morgan fingerprint density at radius 1 is 1.33 bits per heavy atom. The van der Waals surface area contributed by atoms with Gasteiger partial charge in [0, 0.05) is 26.7 Å². The number of esters is 1. The van der Waals surface area contributed by atoms with E-state index >= 15 is 0 Å². The van der Waals surface area contributed by atoms with E-state index in [1.54, 1.807) is 7.11 Å². The fourth-order valence-corrected chi connectivity index (χ4v) is 2.75.